The Bertz CT molecular complexity index is 1190. The van der Waals surface area contributed by atoms with E-state index in [1.807, 2.05) is 0 Å². The van der Waals surface area contributed by atoms with Crippen LogP contribution < -0.4 is 15.8 Å². The molecule has 1 aromatic carbocycles. The van der Waals surface area contributed by atoms with Gasteiger partial charge in [0, 0.05) is 43.9 Å². The van der Waals surface area contributed by atoms with E-state index >= 15 is 0 Å². The third-order valence-corrected chi connectivity index (χ3v) is 5.29. The van der Waals surface area contributed by atoms with Gasteiger partial charge >= 0.3 is 0 Å². The highest BCUT2D eigenvalue weighted by Gasteiger charge is 2.34. The van der Waals surface area contributed by atoms with E-state index in [1.165, 1.54) is 9.58 Å². The lowest BCUT2D eigenvalue weighted by Crippen LogP contribution is -2.55. The molecule has 1 aliphatic rings. The van der Waals surface area contributed by atoms with Gasteiger partial charge in [-0.1, -0.05) is 6.07 Å². The number of nitrogens with one attached hydrogen (secondary N) is 1. The molecule has 0 radical (unpaired) electrons. The minimum atomic E-state index is -1.09. The van der Waals surface area contributed by atoms with Crippen LogP contribution in [0.3, 0.4) is 0 Å². The molecule has 180 valence electrons. The molecule has 2 N–H and O–H groups in total. The average Bonchev–Trinajstić information content (AvgIpc) is 2.81. The summed E-state index contributed by atoms with van der Waals surface area (Å²) >= 11 is 0. The number of aromatic hydroxyl groups is 1. The zero-order valence-electron chi connectivity index (χ0n) is 18.2. The number of nitrogens with zero attached hydrogens (tertiary/aromatic N) is 3. The van der Waals surface area contributed by atoms with Crippen LogP contribution in [0.25, 0.3) is 0 Å². The van der Waals surface area contributed by atoms with Crippen LogP contribution in [0, 0.1) is 24.0 Å². The van der Waals surface area contributed by atoms with Crippen molar-refractivity contribution in [2.24, 2.45) is 0 Å². The summed E-state index contributed by atoms with van der Waals surface area (Å²) in [6.45, 7) is -0.566. The Morgan fingerprint density at radius 1 is 1.21 bits per heavy atom. The number of hydrogen-bond acceptors (Lipinski definition) is 5. The first-order chi connectivity index (χ1) is 16.3. The summed E-state index contributed by atoms with van der Waals surface area (Å²) in [7, 11) is 0. The predicted octanol–water partition coefficient (Wildman–Crippen LogP) is 1.89. The molecule has 0 aliphatic carbocycles. The largest absolute Gasteiger partial charge is 0.502 e. The molecular formula is C23H23F3N4O4. The van der Waals surface area contributed by atoms with Crippen LogP contribution >= 0.6 is 0 Å². The summed E-state index contributed by atoms with van der Waals surface area (Å²) < 4.78 is 40.8. The molecule has 0 saturated carbocycles. The van der Waals surface area contributed by atoms with Crippen LogP contribution in [-0.4, -0.2) is 52.9 Å². The molecule has 0 spiro atoms. The Morgan fingerprint density at radius 3 is 2.65 bits per heavy atom. The molecule has 0 atom stereocenters. The number of halogens is 3. The van der Waals surface area contributed by atoms with Gasteiger partial charge in [-0.2, -0.15) is 0 Å². The van der Waals surface area contributed by atoms with Crippen molar-refractivity contribution in [3.05, 3.63) is 63.1 Å². The average molecular weight is 476 g/mol. The number of aromatic nitrogens is 1. The Kier molecular flexibility index (Phi) is 7.83. The lowest BCUT2D eigenvalue weighted by molar-refractivity contribution is 0.0680. The van der Waals surface area contributed by atoms with Crippen LogP contribution in [0.2, 0.25) is 0 Å². The second-order valence-corrected chi connectivity index (χ2v) is 7.62. The number of pyridine rings is 1. The number of terminal acetylenes is 1. The summed E-state index contributed by atoms with van der Waals surface area (Å²) in [6, 6.07) is 2.84. The minimum absolute atomic E-state index is 0.00775. The van der Waals surface area contributed by atoms with E-state index in [9.17, 15) is 32.7 Å². The number of benzene rings is 1. The first kappa shape index (κ1) is 24.7. The van der Waals surface area contributed by atoms with Gasteiger partial charge in [-0.3, -0.25) is 28.5 Å². The lowest BCUT2D eigenvalue weighted by Gasteiger charge is -2.39. The Labute approximate surface area is 193 Å². The third kappa shape index (κ3) is 5.17. The molecule has 0 unspecified atom stereocenters. The van der Waals surface area contributed by atoms with Gasteiger partial charge in [-0.05, 0) is 18.9 Å². The van der Waals surface area contributed by atoms with E-state index in [-0.39, 0.29) is 37.4 Å². The molecule has 2 heterocycles. The standard InChI is InChI=1S/C23H23F3N4O4/c1-2-3-4-10-29-14-28(9-5-8-24)23(34)19-21(32)20(31)17(13-30(19)29)22(33)27-12-15-6-7-16(25)11-18(15)26/h1,6-7,11,13,32H,3-5,8-10,12,14H2,(H,27,33). The number of carbonyl (C=O) groups is 2. The second kappa shape index (κ2) is 10.8. The highest BCUT2D eigenvalue weighted by Crippen LogP contribution is 2.22. The molecule has 1 aliphatic heterocycles. The van der Waals surface area contributed by atoms with Crippen molar-refractivity contribution in [3.8, 4) is 18.1 Å². The summed E-state index contributed by atoms with van der Waals surface area (Å²) in [5.41, 5.74) is -1.92. The fourth-order valence-electron chi connectivity index (χ4n) is 3.55. The number of rotatable bonds is 9. The molecule has 0 fully saturated rings. The number of amides is 2. The first-order valence-corrected chi connectivity index (χ1v) is 10.5. The van der Waals surface area contributed by atoms with Gasteiger partial charge in [0.1, 0.15) is 23.9 Å². The van der Waals surface area contributed by atoms with Crippen LogP contribution in [0.15, 0.2) is 29.2 Å². The topological polar surface area (TPSA) is 94.9 Å². The summed E-state index contributed by atoms with van der Waals surface area (Å²) in [5, 5.41) is 14.5. The molecule has 0 saturated heterocycles. The van der Waals surface area contributed by atoms with Gasteiger partial charge in [0.15, 0.2) is 11.4 Å². The maximum Gasteiger partial charge on any atom is 0.277 e. The number of hydrogen-bond donors (Lipinski definition) is 2. The smallest absolute Gasteiger partial charge is 0.277 e. The van der Waals surface area contributed by atoms with Crippen molar-refractivity contribution >= 4 is 11.8 Å². The van der Waals surface area contributed by atoms with Gasteiger partial charge in [0.25, 0.3) is 11.8 Å². The number of carbonyl (C=O) groups excluding carboxylic acids is 2. The van der Waals surface area contributed by atoms with Gasteiger partial charge in [0.2, 0.25) is 5.43 Å². The molecular weight excluding hydrogens is 453 g/mol. The van der Waals surface area contributed by atoms with Crippen molar-refractivity contribution in [1.82, 2.24) is 14.9 Å². The zero-order valence-corrected chi connectivity index (χ0v) is 18.2. The van der Waals surface area contributed by atoms with Crippen LogP contribution in [0.1, 0.15) is 45.7 Å². The Morgan fingerprint density at radius 2 is 1.97 bits per heavy atom. The number of fused-ring (bicyclic) bond motifs is 1. The quantitative estimate of drug-likeness (QED) is 0.426. The molecule has 2 amide bonds. The van der Waals surface area contributed by atoms with Crippen LogP contribution in [0.4, 0.5) is 13.2 Å². The van der Waals surface area contributed by atoms with Crippen LogP contribution in [0.5, 0.6) is 5.75 Å². The molecule has 3 rings (SSSR count). The highest BCUT2D eigenvalue weighted by molar-refractivity contribution is 5.99. The monoisotopic (exact) mass is 476 g/mol. The molecule has 1 aromatic heterocycles. The molecule has 8 nitrogen and oxygen atoms in total. The number of alkyl halides is 1. The zero-order chi connectivity index (χ0) is 24.8. The van der Waals surface area contributed by atoms with E-state index in [1.54, 1.807) is 5.01 Å². The van der Waals surface area contributed by atoms with Gasteiger partial charge in [-0.25, -0.2) is 8.78 Å². The normalized spacial score (nSPS) is 12.9. The van der Waals surface area contributed by atoms with Crippen molar-refractivity contribution in [2.75, 3.05) is 31.4 Å². The van der Waals surface area contributed by atoms with Crippen molar-refractivity contribution < 1.29 is 27.9 Å². The summed E-state index contributed by atoms with van der Waals surface area (Å²) in [6.07, 6.45) is 7.43. The van der Waals surface area contributed by atoms with E-state index in [0.717, 1.165) is 18.3 Å². The fourth-order valence-corrected chi connectivity index (χ4v) is 3.55. The van der Waals surface area contributed by atoms with Gasteiger partial charge in [-0.15, -0.1) is 12.3 Å². The van der Waals surface area contributed by atoms with E-state index in [2.05, 4.69) is 11.2 Å². The van der Waals surface area contributed by atoms with Gasteiger partial charge < -0.3 is 15.3 Å². The van der Waals surface area contributed by atoms with E-state index in [0.29, 0.717) is 25.5 Å². The number of unbranched alkanes of at least 4 members (excludes halogenated alkanes) is 1. The highest BCUT2D eigenvalue weighted by atomic mass is 19.1. The lowest BCUT2D eigenvalue weighted by atomic mass is 10.1. The maximum absolute atomic E-state index is 13.9. The summed E-state index contributed by atoms with van der Waals surface area (Å²) in [5.74, 6) is -1.69. The van der Waals surface area contributed by atoms with Gasteiger partial charge in [0.05, 0.1) is 6.67 Å². The Hall–Kier alpha value is -3.94. The first-order valence-electron chi connectivity index (χ1n) is 10.5. The second-order valence-electron chi connectivity index (χ2n) is 7.62. The minimum Gasteiger partial charge on any atom is -0.502 e. The molecule has 2 aromatic rings. The third-order valence-electron chi connectivity index (χ3n) is 5.29. The predicted molar refractivity (Wildman–Crippen MR) is 118 cm³/mol. The fraction of sp³-hybridized carbons (Fsp3) is 0.348. The molecule has 11 heteroatoms. The van der Waals surface area contributed by atoms with Crippen molar-refractivity contribution in [3.63, 3.8) is 0 Å². The maximum atomic E-state index is 13.9. The molecule has 34 heavy (non-hydrogen) atoms. The van der Waals surface area contributed by atoms with Crippen LogP contribution in [-0.2, 0) is 6.54 Å². The van der Waals surface area contributed by atoms with Crippen molar-refractivity contribution in [2.45, 2.75) is 25.8 Å². The van der Waals surface area contributed by atoms with Crippen molar-refractivity contribution in [1.29, 1.82) is 0 Å². The van der Waals surface area contributed by atoms with E-state index in [4.69, 9.17) is 6.42 Å². The summed E-state index contributed by atoms with van der Waals surface area (Å²) in [4.78, 5) is 39.6. The van der Waals surface area contributed by atoms with E-state index < -0.39 is 46.9 Å². The molecule has 0 bridgehead atoms. The Balaban J connectivity index is 1.93. The SMILES string of the molecule is C#CCCCN1CN(CCCF)C(=O)c2c(O)c(=O)c(C(=O)NCc3ccc(F)cc3F)cn21.